The molecule has 0 radical (unpaired) electrons. The number of aliphatic carboxylic acids is 1. The molecule has 0 aliphatic heterocycles. The zero-order valence-corrected chi connectivity index (χ0v) is 15.7. The summed E-state index contributed by atoms with van der Waals surface area (Å²) in [6, 6.07) is 15.3. The second kappa shape index (κ2) is 6.92. The number of hydrogen-bond acceptors (Lipinski definition) is 3. The zero-order valence-electron chi connectivity index (χ0n) is 14.1. The fraction of sp³-hybridized carbons (Fsp3) is 0.158. The summed E-state index contributed by atoms with van der Waals surface area (Å²) in [5.74, 6) is -1.32. The van der Waals surface area contributed by atoms with Gasteiger partial charge in [-0.1, -0.05) is 18.2 Å². The number of nitrogens with zero attached hydrogens (tertiary/aromatic N) is 2. The molecule has 0 saturated carbocycles. The Kier molecular flexibility index (Phi) is 4.82. The van der Waals surface area contributed by atoms with Crippen molar-refractivity contribution in [3.05, 3.63) is 64.9 Å². The van der Waals surface area contributed by atoms with Gasteiger partial charge in [-0.25, -0.2) is 13.9 Å². The summed E-state index contributed by atoms with van der Waals surface area (Å²) in [5.41, 5.74) is 0.638. The standard InChI is InChI=1S/C19H16BrFN2O3/c1-19(2,18(24)25)26-17-15(20)16(12-8-10-13(21)11-9-12)23(22-17)14-6-4-3-5-7-14/h3-11H,1-2H3,(H,24,25). The molecule has 0 unspecified atom stereocenters. The average molecular weight is 419 g/mol. The Labute approximate surface area is 158 Å². The smallest absolute Gasteiger partial charge is 0.347 e. The maximum Gasteiger partial charge on any atom is 0.347 e. The maximum absolute atomic E-state index is 13.3. The van der Waals surface area contributed by atoms with Crippen LogP contribution in [0.5, 0.6) is 5.88 Å². The fourth-order valence-electron chi connectivity index (χ4n) is 2.34. The Hall–Kier alpha value is -2.67. The minimum atomic E-state index is -1.46. The van der Waals surface area contributed by atoms with Crippen LogP contribution < -0.4 is 4.74 Å². The first-order valence-corrected chi connectivity index (χ1v) is 8.61. The number of carboxylic acid groups (broad SMARTS) is 1. The van der Waals surface area contributed by atoms with Crippen LogP contribution >= 0.6 is 15.9 Å². The van der Waals surface area contributed by atoms with Crippen LogP contribution in [-0.4, -0.2) is 26.5 Å². The largest absolute Gasteiger partial charge is 0.478 e. The van der Waals surface area contributed by atoms with E-state index in [0.29, 0.717) is 15.7 Å². The minimum Gasteiger partial charge on any atom is -0.478 e. The first kappa shape index (κ1) is 18.1. The molecular formula is C19H16BrFN2O3. The summed E-state index contributed by atoms with van der Waals surface area (Å²) in [4.78, 5) is 11.4. The molecule has 5 nitrogen and oxygen atoms in total. The van der Waals surface area contributed by atoms with Gasteiger partial charge in [0.25, 0.3) is 0 Å². The SMILES string of the molecule is CC(C)(Oc1nn(-c2ccccc2)c(-c2ccc(F)cc2)c1Br)C(=O)O. The lowest BCUT2D eigenvalue weighted by molar-refractivity contribution is -0.152. The highest BCUT2D eigenvalue weighted by atomic mass is 79.9. The molecule has 7 heteroatoms. The Morgan fingerprint density at radius 2 is 1.77 bits per heavy atom. The highest BCUT2D eigenvalue weighted by molar-refractivity contribution is 9.10. The molecule has 1 N–H and O–H groups in total. The zero-order chi connectivity index (χ0) is 18.9. The number of carbonyl (C=O) groups is 1. The summed E-state index contributed by atoms with van der Waals surface area (Å²) in [6.45, 7) is 2.89. The number of benzene rings is 2. The molecule has 0 amide bonds. The van der Waals surface area contributed by atoms with E-state index in [4.69, 9.17) is 4.74 Å². The van der Waals surface area contributed by atoms with Crippen molar-refractivity contribution >= 4 is 21.9 Å². The van der Waals surface area contributed by atoms with Crippen LogP contribution in [0.25, 0.3) is 16.9 Å². The second-order valence-corrected chi connectivity index (χ2v) is 6.93. The molecular weight excluding hydrogens is 403 g/mol. The summed E-state index contributed by atoms with van der Waals surface area (Å²) in [6.07, 6.45) is 0. The number of rotatable bonds is 5. The maximum atomic E-state index is 13.3. The van der Waals surface area contributed by atoms with Gasteiger partial charge < -0.3 is 9.84 Å². The first-order valence-electron chi connectivity index (χ1n) is 7.82. The quantitative estimate of drug-likeness (QED) is 0.652. The van der Waals surface area contributed by atoms with E-state index in [1.807, 2.05) is 30.3 Å². The van der Waals surface area contributed by atoms with Gasteiger partial charge in [0.2, 0.25) is 11.5 Å². The summed E-state index contributed by atoms with van der Waals surface area (Å²) in [7, 11) is 0. The van der Waals surface area contributed by atoms with Crippen LogP contribution in [0.15, 0.2) is 59.1 Å². The molecule has 1 aromatic heterocycles. The van der Waals surface area contributed by atoms with Crippen LogP contribution in [0.4, 0.5) is 4.39 Å². The lowest BCUT2D eigenvalue weighted by Gasteiger charge is -2.19. The second-order valence-electron chi connectivity index (χ2n) is 6.14. The molecule has 0 saturated heterocycles. The van der Waals surface area contributed by atoms with E-state index in [0.717, 1.165) is 5.69 Å². The van der Waals surface area contributed by atoms with E-state index in [-0.39, 0.29) is 11.7 Å². The predicted molar refractivity (Wildman–Crippen MR) is 99.0 cm³/mol. The Balaban J connectivity index is 2.18. The van der Waals surface area contributed by atoms with E-state index < -0.39 is 11.6 Å². The Morgan fingerprint density at radius 3 is 2.35 bits per heavy atom. The molecule has 0 bridgehead atoms. The molecule has 3 aromatic rings. The molecule has 0 aliphatic rings. The van der Waals surface area contributed by atoms with E-state index in [9.17, 15) is 14.3 Å². The third-order valence-corrected chi connectivity index (χ3v) is 4.50. The monoisotopic (exact) mass is 418 g/mol. The van der Waals surface area contributed by atoms with Crippen LogP contribution in [0.2, 0.25) is 0 Å². The molecule has 3 rings (SSSR count). The van der Waals surface area contributed by atoms with Gasteiger partial charge in [-0.2, -0.15) is 0 Å². The molecule has 0 aliphatic carbocycles. The van der Waals surface area contributed by atoms with Gasteiger partial charge in [-0.05, 0) is 66.2 Å². The molecule has 0 spiro atoms. The van der Waals surface area contributed by atoms with Crippen LogP contribution in [0, 0.1) is 5.82 Å². The van der Waals surface area contributed by atoms with Gasteiger partial charge in [-0.3, -0.25) is 0 Å². The van der Waals surface area contributed by atoms with Crippen molar-refractivity contribution in [1.82, 2.24) is 9.78 Å². The lowest BCUT2D eigenvalue weighted by Crippen LogP contribution is -2.38. The third-order valence-electron chi connectivity index (χ3n) is 3.78. The Bertz CT molecular complexity index is 937. The number of aromatic nitrogens is 2. The summed E-state index contributed by atoms with van der Waals surface area (Å²) in [5, 5.41) is 13.8. The molecule has 2 aromatic carbocycles. The van der Waals surface area contributed by atoms with E-state index in [2.05, 4.69) is 21.0 Å². The number of ether oxygens (including phenoxy) is 1. The van der Waals surface area contributed by atoms with Gasteiger partial charge >= 0.3 is 5.97 Å². The minimum absolute atomic E-state index is 0.139. The third kappa shape index (κ3) is 3.48. The highest BCUT2D eigenvalue weighted by Crippen LogP contribution is 2.38. The van der Waals surface area contributed by atoms with Crippen molar-refractivity contribution in [1.29, 1.82) is 0 Å². The van der Waals surface area contributed by atoms with Crippen LogP contribution in [0.3, 0.4) is 0 Å². The van der Waals surface area contributed by atoms with Crippen molar-refractivity contribution in [3.63, 3.8) is 0 Å². The molecule has 0 atom stereocenters. The van der Waals surface area contributed by atoms with E-state index in [1.165, 1.54) is 26.0 Å². The number of para-hydroxylation sites is 1. The van der Waals surface area contributed by atoms with E-state index in [1.54, 1.807) is 16.8 Å². The van der Waals surface area contributed by atoms with Gasteiger partial charge in [0.15, 0.2) is 0 Å². The molecule has 1 heterocycles. The predicted octanol–water partition coefficient (Wildman–Crippen LogP) is 4.68. The van der Waals surface area contributed by atoms with Crippen molar-refractivity contribution in [2.45, 2.75) is 19.4 Å². The van der Waals surface area contributed by atoms with Crippen LogP contribution in [0.1, 0.15) is 13.8 Å². The van der Waals surface area contributed by atoms with Crippen molar-refractivity contribution in [2.75, 3.05) is 0 Å². The Morgan fingerprint density at radius 1 is 1.15 bits per heavy atom. The van der Waals surface area contributed by atoms with Gasteiger partial charge in [-0.15, -0.1) is 5.10 Å². The van der Waals surface area contributed by atoms with Gasteiger partial charge in [0.1, 0.15) is 10.3 Å². The first-order chi connectivity index (χ1) is 12.3. The molecule has 0 fully saturated rings. The van der Waals surface area contributed by atoms with Crippen molar-refractivity contribution in [3.8, 4) is 22.8 Å². The number of carboxylic acids is 1. The summed E-state index contributed by atoms with van der Waals surface area (Å²) >= 11 is 3.46. The number of hydrogen-bond donors (Lipinski definition) is 1. The van der Waals surface area contributed by atoms with Crippen molar-refractivity contribution < 1.29 is 19.0 Å². The number of halogens is 2. The molecule has 134 valence electrons. The highest BCUT2D eigenvalue weighted by Gasteiger charge is 2.32. The van der Waals surface area contributed by atoms with Crippen LogP contribution in [-0.2, 0) is 4.79 Å². The van der Waals surface area contributed by atoms with Crippen molar-refractivity contribution in [2.24, 2.45) is 0 Å². The molecule has 26 heavy (non-hydrogen) atoms. The fourth-order valence-corrected chi connectivity index (χ4v) is 2.90. The normalized spacial score (nSPS) is 11.4. The topological polar surface area (TPSA) is 64.4 Å². The average Bonchev–Trinajstić information content (AvgIpc) is 2.92. The van der Waals surface area contributed by atoms with E-state index >= 15 is 0 Å². The van der Waals surface area contributed by atoms with Gasteiger partial charge in [0.05, 0.1) is 11.4 Å². The lowest BCUT2D eigenvalue weighted by atomic mass is 10.1. The van der Waals surface area contributed by atoms with Gasteiger partial charge in [0, 0.05) is 5.56 Å². The summed E-state index contributed by atoms with van der Waals surface area (Å²) < 4.78 is 21.1.